The predicted octanol–water partition coefficient (Wildman–Crippen LogP) is 6.07. The van der Waals surface area contributed by atoms with Gasteiger partial charge in [-0.3, -0.25) is 4.79 Å². The number of halogens is 1. The highest BCUT2D eigenvalue weighted by molar-refractivity contribution is 6.19. The molecule has 0 spiro atoms. The fourth-order valence-electron chi connectivity index (χ4n) is 7.15. The zero-order chi connectivity index (χ0) is 17.1. The SMILES string of the molecule is C/C(CCl)=C1/CCC2C3CCC4=CC(=O)CC[C@]4(C)C3CC[C@]12C. The van der Waals surface area contributed by atoms with E-state index in [0.29, 0.717) is 22.5 Å². The molecule has 0 bridgehead atoms. The van der Waals surface area contributed by atoms with Gasteiger partial charge >= 0.3 is 0 Å². The first-order valence-electron chi connectivity index (χ1n) is 9.89. The third kappa shape index (κ3) is 2.23. The molecule has 132 valence electrons. The van der Waals surface area contributed by atoms with Gasteiger partial charge in [0.25, 0.3) is 0 Å². The van der Waals surface area contributed by atoms with Gasteiger partial charge in [0.15, 0.2) is 5.78 Å². The third-order valence-corrected chi connectivity index (χ3v) is 8.86. The van der Waals surface area contributed by atoms with E-state index in [-0.39, 0.29) is 0 Å². The van der Waals surface area contributed by atoms with Gasteiger partial charge in [-0.25, -0.2) is 0 Å². The van der Waals surface area contributed by atoms with Crippen LogP contribution in [0.2, 0.25) is 0 Å². The second-order valence-electron chi connectivity index (χ2n) is 9.36. The maximum atomic E-state index is 11.9. The Morgan fingerprint density at radius 2 is 1.83 bits per heavy atom. The van der Waals surface area contributed by atoms with Gasteiger partial charge in [-0.15, -0.1) is 11.6 Å². The zero-order valence-corrected chi connectivity index (χ0v) is 16.2. The molecule has 3 fully saturated rings. The standard InChI is InChI=1S/C22H31ClO/c1-14(13-23)18-6-7-19-17-5-4-15-12-16(24)8-10-21(15,2)20(17)9-11-22(18,19)3/h12,17,19-20H,4-11,13H2,1-3H3/b18-14+/t17?,19?,20?,21-,22+/m0/s1. The Balaban J connectivity index is 1.69. The van der Waals surface area contributed by atoms with Crippen molar-refractivity contribution in [3.8, 4) is 0 Å². The van der Waals surface area contributed by atoms with Crippen molar-refractivity contribution < 1.29 is 4.79 Å². The van der Waals surface area contributed by atoms with E-state index in [1.807, 2.05) is 6.08 Å². The minimum Gasteiger partial charge on any atom is -0.295 e. The number of fused-ring (bicyclic) bond motifs is 5. The first kappa shape index (κ1) is 16.9. The number of carbonyl (C=O) groups excluding carboxylic acids is 1. The summed E-state index contributed by atoms with van der Waals surface area (Å²) in [5.74, 6) is 3.53. The van der Waals surface area contributed by atoms with Gasteiger partial charge in [-0.05, 0) is 86.5 Å². The average molecular weight is 347 g/mol. The molecule has 4 aliphatic carbocycles. The van der Waals surface area contributed by atoms with Crippen LogP contribution in [0.3, 0.4) is 0 Å². The quantitative estimate of drug-likeness (QED) is 0.415. The van der Waals surface area contributed by atoms with Gasteiger partial charge in [0.1, 0.15) is 0 Å². The van der Waals surface area contributed by atoms with Crippen LogP contribution in [0.25, 0.3) is 0 Å². The molecule has 2 heteroatoms. The highest BCUT2D eigenvalue weighted by Gasteiger charge is 2.57. The maximum absolute atomic E-state index is 11.9. The van der Waals surface area contributed by atoms with Gasteiger partial charge in [0.2, 0.25) is 0 Å². The van der Waals surface area contributed by atoms with Gasteiger partial charge in [-0.2, -0.15) is 0 Å². The molecule has 4 aliphatic rings. The van der Waals surface area contributed by atoms with Crippen LogP contribution >= 0.6 is 11.6 Å². The number of hydrogen-bond acceptors (Lipinski definition) is 1. The zero-order valence-electron chi connectivity index (χ0n) is 15.5. The van der Waals surface area contributed by atoms with Gasteiger partial charge in [0.05, 0.1) is 0 Å². The van der Waals surface area contributed by atoms with Crippen molar-refractivity contribution in [2.75, 3.05) is 5.88 Å². The Kier molecular flexibility index (Phi) is 4.03. The van der Waals surface area contributed by atoms with Crippen LogP contribution in [0, 0.1) is 28.6 Å². The van der Waals surface area contributed by atoms with Crippen LogP contribution in [-0.2, 0) is 4.79 Å². The number of alkyl halides is 1. The third-order valence-electron chi connectivity index (χ3n) is 8.46. The lowest BCUT2D eigenvalue weighted by Gasteiger charge is -2.57. The Labute approximate surface area is 151 Å². The summed E-state index contributed by atoms with van der Waals surface area (Å²) < 4.78 is 0. The van der Waals surface area contributed by atoms with Gasteiger partial charge in [0, 0.05) is 12.3 Å². The Hall–Kier alpha value is -0.560. The van der Waals surface area contributed by atoms with E-state index in [1.165, 1.54) is 43.3 Å². The summed E-state index contributed by atoms with van der Waals surface area (Å²) in [6.45, 7) is 7.25. The van der Waals surface area contributed by atoms with Gasteiger partial charge in [-0.1, -0.05) is 30.6 Å². The molecule has 0 amide bonds. The van der Waals surface area contributed by atoms with Gasteiger partial charge < -0.3 is 0 Å². The Morgan fingerprint density at radius 1 is 1.08 bits per heavy atom. The fourth-order valence-corrected chi connectivity index (χ4v) is 7.31. The van der Waals surface area contributed by atoms with Crippen molar-refractivity contribution in [1.82, 2.24) is 0 Å². The molecule has 3 saturated carbocycles. The first-order chi connectivity index (χ1) is 11.4. The van der Waals surface area contributed by atoms with Crippen molar-refractivity contribution in [2.45, 2.75) is 72.1 Å². The predicted molar refractivity (Wildman–Crippen MR) is 100 cm³/mol. The second-order valence-corrected chi connectivity index (χ2v) is 9.62. The number of rotatable bonds is 1. The van der Waals surface area contributed by atoms with E-state index < -0.39 is 0 Å². The molecule has 0 aromatic rings. The van der Waals surface area contributed by atoms with Crippen LogP contribution in [0.1, 0.15) is 72.1 Å². The Morgan fingerprint density at radius 3 is 2.58 bits per heavy atom. The van der Waals surface area contributed by atoms with Crippen molar-refractivity contribution in [1.29, 1.82) is 0 Å². The van der Waals surface area contributed by atoms with E-state index in [0.717, 1.165) is 37.0 Å². The van der Waals surface area contributed by atoms with Crippen molar-refractivity contribution in [3.05, 3.63) is 22.8 Å². The van der Waals surface area contributed by atoms with Crippen LogP contribution in [0.5, 0.6) is 0 Å². The van der Waals surface area contributed by atoms with Crippen LogP contribution in [0.15, 0.2) is 22.8 Å². The molecular formula is C22H31ClO. The highest BCUT2D eigenvalue weighted by Crippen LogP contribution is 2.66. The lowest BCUT2D eigenvalue weighted by Crippen LogP contribution is -2.49. The summed E-state index contributed by atoms with van der Waals surface area (Å²) in [6.07, 6.45) is 11.6. The van der Waals surface area contributed by atoms with Crippen molar-refractivity contribution in [3.63, 3.8) is 0 Å². The normalized spacial score (nSPS) is 46.8. The molecule has 0 aliphatic heterocycles. The second kappa shape index (κ2) is 5.73. The van der Waals surface area contributed by atoms with E-state index in [9.17, 15) is 4.79 Å². The molecule has 0 heterocycles. The van der Waals surface area contributed by atoms with Crippen LogP contribution in [0.4, 0.5) is 0 Å². The molecule has 0 aromatic carbocycles. The minimum absolute atomic E-state index is 0.298. The summed E-state index contributed by atoms with van der Waals surface area (Å²) in [6, 6.07) is 0. The summed E-state index contributed by atoms with van der Waals surface area (Å²) in [7, 11) is 0. The number of carbonyl (C=O) groups is 1. The lowest BCUT2D eigenvalue weighted by molar-refractivity contribution is -0.117. The molecule has 3 unspecified atom stereocenters. The summed E-state index contributed by atoms with van der Waals surface area (Å²) in [5, 5.41) is 0. The van der Waals surface area contributed by atoms with E-state index in [4.69, 9.17) is 11.6 Å². The largest absolute Gasteiger partial charge is 0.295 e. The first-order valence-corrected chi connectivity index (χ1v) is 10.4. The van der Waals surface area contributed by atoms with E-state index >= 15 is 0 Å². The number of hydrogen-bond donors (Lipinski definition) is 0. The molecule has 1 nitrogen and oxygen atoms in total. The summed E-state index contributed by atoms with van der Waals surface area (Å²) in [4.78, 5) is 11.9. The molecule has 24 heavy (non-hydrogen) atoms. The minimum atomic E-state index is 0.298. The monoisotopic (exact) mass is 346 g/mol. The van der Waals surface area contributed by atoms with E-state index in [2.05, 4.69) is 20.8 Å². The lowest BCUT2D eigenvalue weighted by atomic mass is 9.47. The average Bonchev–Trinajstić information content (AvgIpc) is 2.92. The maximum Gasteiger partial charge on any atom is 0.155 e. The summed E-state index contributed by atoms with van der Waals surface area (Å²) >= 11 is 6.19. The van der Waals surface area contributed by atoms with Crippen LogP contribution in [-0.4, -0.2) is 11.7 Å². The molecular weight excluding hydrogens is 316 g/mol. The Bertz CT molecular complexity index is 630. The van der Waals surface area contributed by atoms with Crippen molar-refractivity contribution >= 4 is 17.4 Å². The van der Waals surface area contributed by atoms with E-state index in [1.54, 1.807) is 5.57 Å². The number of allylic oxidation sites excluding steroid dienone is 3. The highest BCUT2D eigenvalue weighted by atomic mass is 35.5. The molecule has 0 N–H and O–H groups in total. The summed E-state index contributed by atoms with van der Waals surface area (Å²) in [5.41, 5.74) is 5.29. The number of ketones is 1. The van der Waals surface area contributed by atoms with Crippen LogP contribution < -0.4 is 0 Å². The molecule has 0 saturated heterocycles. The topological polar surface area (TPSA) is 17.1 Å². The molecule has 0 radical (unpaired) electrons. The smallest absolute Gasteiger partial charge is 0.155 e. The molecule has 4 rings (SSSR count). The molecule has 0 aromatic heterocycles. The fraction of sp³-hybridized carbons (Fsp3) is 0.773. The molecule has 5 atom stereocenters. The van der Waals surface area contributed by atoms with Crippen molar-refractivity contribution in [2.24, 2.45) is 28.6 Å².